The molecule has 0 radical (unpaired) electrons. The lowest BCUT2D eigenvalue weighted by Gasteiger charge is -2.49. The number of carbonyl (C=O) groups excluding carboxylic acids is 5. The summed E-state index contributed by atoms with van der Waals surface area (Å²) in [5.74, 6) is -13.1. The molecular formula is C78H127NO22. The van der Waals surface area contributed by atoms with Gasteiger partial charge in [-0.3, -0.25) is 14.4 Å². The average Bonchev–Trinajstić information content (AvgIpc) is 0.858. The molecule has 3 saturated heterocycles. The fourth-order valence-electron chi connectivity index (χ4n) is 15.8. The molecule has 5 aliphatic heterocycles. The molecule has 576 valence electrons. The van der Waals surface area contributed by atoms with E-state index in [1.807, 2.05) is 86.6 Å². The van der Waals surface area contributed by atoms with Crippen molar-refractivity contribution < 1.29 is 107 Å². The number of aliphatic hydroxyl groups is 8. The molecule has 8 N–H and O–H groups in total. The topological polar surface area (TPSA) is 334 Å². The van der Waals surface area contributed by atoms with E-state index in [4.69, 9.17) is 42.6 Å². The molecule has 2 bridgehead atoms. The number of hydrogen-bond donors (Lipinski definition) is 8. The number of hydrogen-bond acceptors (Lipinski definition) is 22. The Morgan fingerprint density at radius 3 is 1.98 bits per heavy atom. The largest absolute Gasteiger partial charge is 0.490 e. The summed E-state index contributed by atoms with van der Waals surface area (Å²) < 4.78 is 52.9. The molecule has 0 unspecified atom stereocenters. The van der Waals surface area contributed by atoms with Crippen molar-refractivity contribution in [1.82, 2.24) is 4.90 Å². The van der Waals surface area contributed by atoms with Crippen molar-refractivity contribution in [3.05, 3.63) is 70.6 Å². The van der Waals surface area contributed by atoms with Crippen molar-refractivity contribution in [2.75, 3.05) is 42.1 Å². The summed E-state index contributed by atoms with van der Waals surface area (Å²) in [5.41, 5.74) is 2.97. The number of esters is 2. The molecule has 0 aromatic heterocycles. The van der Waals surface area contributed by atoms with Crippen molar-refractivity contribution in [2.45, 2.75) is 284 Å². The summed E-state index contributed by atoms with van der Waals surface area (Å²) in [6.45, 7) is 27.6. The lowest BCUT2D eigenvalue weighted by Crippen LogP contribution is -2.64. The fourth-order valence-corrected chi connectivity index (χ4v) is 15.8. The summed E-state index contributed by atoms with van der Waals surface area (Å²) >= 11 is 0. The standard InChI is InChI=1S/C43H69NO13.C35H58O9/c1-10-29-18-23(2)37(48)24(3)19-35(54-8)39-36(55-9)20-26(5)43(52,57-39)40(49)41(50)44-16-12-11-13-30(44)42(51)56-38(27(6)32(46)22-33(29)47)25(4)17-28-14-15-31(45)34(21-28)53-7;1-19(2)32-24(7)27(36)18-35(40,44-32)26(9)31(38)25(8)33-28(41-10)14-12-13-20(3)15-22(5)30(37)23(6)16-21(4)17-29(42-11)34(39)43-33/h17-18,24,26-32,34-39,45-46,48,52H,10-16,19-22H2,1-9H3;12-14,16-17,19,22-28,30-33,36-38,40H,15,18H2,1-11H3/b23-18+,25-17+;14-12+,20-13+,21-16+,29-17-/t24-,26-,27-,28+,29+,30+,31-,32+,34-,35+,36+,37+,38-,39-,43-;22-,23+,24-,25-,26-,27+,28-,30-,31+,32+,33+,35+/m10/s1. The van der Waals surface area contributed by atoms with Crippen molar-refractivity contribution >= 4 is 29.4 Å². The van der Waals surface area contributed by atoms with Gasteiger partial charge in [0, 0.05) is 89.3 Å². The van der Waals surface area contributed by atoms with Crippen molar-refractivity contribution in [3.63, 3.8) is 0 Å². The van der Waals surface area contributed by atoms with Crippen LogP contribution >= 0.6 is 0 Å². The average molecular weight is 1430 g/mol. The van der Waals surface area contributed by atoms with E-state index in [-0.39, 0.29) is 85.9 Å². The SMILES string of the molecule is CC[C@H]1/C=C(\C)[C@H](O)[C@H](C)C[C@H](OC)[C@H]2O[C@@](O)(C(=O)C(=O)N3CCCC[C@H]3C(=O)O[C@H](/C(C)=C/[C@@H]3CC[C@@H](O)[C@H](OC)C3)[C@H](C)[C@@H](O)CC1=O)[C@H](C)C[C@@H]2OC.CO/C1=C\C(C)=C\[C@@H](C)[C@@H](O)[C@@H](C)C/C(C)=C/C=C/[C@H](OC)[C@@H]([C@@H](C)[C@@H](O)[C@H](C)[C@@]2(O)C[C@@H](O)[C@H](C)[C@@H](C(C)C)O2)OC1=O. The molecule has 0 aromatic rings. The smallest absolute Gasteiger partial charge is 0.373 e. The highest BCUT2D eigenvalue weighted by molar-refractivity contribution is 6.39. The number of ketones is 2. The van der Waals surface area contributed by atoms with Gasteiger partial charge in [-0.15, -0.1) is 0 Å². The molecule has 4 fully saturated rings. The Hall–Kier alpha value is -4.57. The molecule has 1 amide bonds. The van der Waals surface area contributed by atoms with Gasteiger partial charge in [0.25, 0.3) is 11.7 Å². The number of piperidine rings is 1. The van der Waals surface area contributed by atoms with Gasteiger partial charge in [0.1, 0.15) is 36.2 Å². The number of rotatable bonds is 13. The molecule has 1 saturated carbocycles. The maximum absolute atomic E-state index is 14.3. The zero-order chi connectivity index (χ0) is 75.9. The maximum Gasteiger partial charge on any atom is 0.373 e. The summed E-state index contributed by atoms with van der Waals surface area (Å²) in [7, 11) is 7.36. The Morgan fingerprint density at radius 1 is 0.733 bits per heavy atom. The molecule has 0 aromatic carbocycles. The molecule has 0 spiro atoms. The van der Waals surface area contributed by atoms with Crippen molar-refractivity contribution in [3.8, 4) is 0 Å². The van der Waals surface area contributed by atoms with Crippen LogP contribution in [0.3, 0.4) is 0 Å². The van der Waals surface area contributed by atoms with Crippen LogP contribution in [0.1, 0.15) is 181 Å². The van der Waals surface area contributed by atoms with E-state index in [9.17, 15) is 64.8 Å². The minimum Gasteiger partial charge on any atom is -0.490 e. The third kappa shape index (κ3) is 22.0. The summed E-state index contributed by atoms with van der Waals surface area (Å²) in [6, 6.07) is -1.16. The van der Waals surface area contributed by atoms with Crippen LogP contribution in [-0.4, -0.2) is 220 Å². The van der Waals surface area contributed by atoms with E-state index in [2.05, 4.69) is 0 Å². The number of carbonyl (C=O) groups is 5. The van der Waals surface area contributed by atoms with E-state index < -0.39 is 156 Å². The van der Waals surface area contributed by atoms with Crippen molar-refractivity contribution in [2.24, 2.45) is 65.1 Å². The minimum atomic E-state index is -2.57. The van der Waals surface area contributed by atoms with E-state index in [1.165, 1.54) is 28.4 Å². The first kappa shape index (κ1) is 87.1. The zero-order valence-electron chi connectivity index (χ0n) is 64.0. The predicted octanol–water partition coefficient (Wildman–Crippen LogP) is 8.14. The third-order valence-electron chi connectivity index (χ3n) is 22.7. The lowest BCUT2D eigenvalue weighted by molar-refractivity contribution is -0.328. The van der Waals surface area contributed by atoms with Gasteiger partial charge in [-0.2, -0.15) is 0 Å². The molecule has 5 heterocycles. The number of Topliss-reactive ketones (excluding diaryl/α,β-unsaturated/α-hetero) is 2. The predicted molar refractivity (Wildman–Crippen MR) is 380 cm³/mol. The Morgan fingerprint density at radius 2 is 1.38 bits per heavy atom. The van der Waals surface area contributed by atoms with Crippen LogP contribution in [0.15, 0.2) is 70.6 Å². The van der Waals surface area contributed by atoms with Crippen LogP contribution in [0, 0.1) is 65.1 Å². The van der Waals surface area contributed by atoms with Gasteiger partial charge in [-0.05, 0) is 133 Å². The normalized spacial score (nSPS) is 41.9. The van der Waals surface area contributed by atoms with Gasteiger partial charge in [0.2, 0.25) is 11.5 Å². The second-order valence-corrected chi connectivity index (χ2v) is 30.7. The Balaban J connectivity index is 0.000000377. The molecule has 23 heteroatoms. The molecule has 6 rings (SSSR count). The van der Waals surface area contributed by atoms with Crippen molar-refractivity contribution in [1.29, 1.82) is 0 Å². The van der Waals surface area contributed by atoms with Crippen LogP contribution in [0.2, 0.25) is 0 Å². The number of nitrogens with zero attached hydrogens (tertiary/aromatic N) is 1. The first-order chi connectivity index (χ1) is 47.4. The minimum absolute atomic E-state index is 0.00492. The number of fused-ring (bicyclic) bond motifs is 3. The highest BCUT2D eigenvalue weighted by atomic mass is 16.7. The van der Waals surface area contributed by atoms with Gasteiger partial charge in [0.15, 0.2) is 5.79 Å². The van der Waals surface area contributed by atoms with Gasteiger partial charge in [0.05, 0.1) is 68.1 Å². The van der Waals surface area contributed by atoms with E-state index in [0.29, 0.717) is 56.1 Å². The van der Waals surface area contributed by atoms with Crippen LogP contribution in [0.5, 0.6) is 0 Å². The molecule has 27 atom stereocenters. The number of cyclic esters (lactones) is 2. The molecule has 1 aliphatic carbocycles. The molecule has 101 heavy (non-hydrogen) atoms. The number of amides is 1. The summed E-state index contributed by atoms with van der Waals surface area (Å²) in [4.78, 5) is 71.2. The molecule has 23 nitrogen and oxygen atoms in total. The number of allylic oxidation sites excluding steroid dienone is 7. The van der Waals surface area contributed by atoms with Gasteiger partial charge in [-0.1, -0.05) is 124 Å². The molecular weight excluding hydrogens is 1300 g/mol. The maximum atomic E-state index is 14.3. The monoisotopic (exact) mass is 1430 g/mol. The molecule has 6 aliphatic rings. The third-order valence-corrected chi connectivity index (χ3v) is 22.7. The van der Waals surface area contributed by atoms with Gasteiger partial charge in [-0.25, -0.2) is 9.59 Å². The van der Waals surface area contributed by atoms with Crippen LogP contribution in [-0.2, 0) is 66.6 Å². The Bertz CT molecular complexity index is 2900. The van der Waals surface area contributed by atoms with Crippen LogP contribution < -0.4 is 0 Å². The Kier molecular flexibility index (Phi) is 33.7. The lowest BCUT2D eigenvalue weighted by atomic mass is 9.76. The first-order valence-electron chi connectivity index (χ1n) is 36.8. The van der Waals surface area contributed by atoms with Crippen LogP contribution in [0.25, 0.3) is 0 Å². The fraction of sp³-hybridized carbons (Fsp3) is 0.782. The second kappa shape index (κ2) is 39.2. The zero-order valence-corrected chi connectivity index (χ0v) is 64.0. The summed E-state index contributed by atoms with van der Waals surface area (Å²) in [5, 5.41) is 90.6. The second-order valence-electron chi connectivity index (χ2n) is 30.7. The highest BCUT2D eigenvalue weighted by Gasteiger charge is 2.57. The number of ether oxygens (including phenoxy) is 9. The van der Waals surface area contributed by atoms with E-state index >= 15 is 0 Å². The van der Waals surface area contributed by atoms with Gasteiger partial charge < -0.3 is 88.4 Å². The van der Waals surface area contributed by atoms with E-state index in [1.54, 1.807) is 66.9 Å². The van der Waals surface area contributed by atoms with E-state index in [0.717, 1.165) is 16.0 Å². The number of methoxy groups -OCH3 is 5. The summed E-state index contributed by atoms with van der Waals surface area (Å²) in [6.07, 6.45) is 5.47. The Labute approximate surface area is 601 Å². The van der Waals surface area contributed by atoms with Crippen LogP contribution in [0.4, 0.5) is 0 Å². The van der Waals surface area contributed by atoms with Gasteiger partial charge >= 0.3 is 11.9 Å². The highest BCUT2D eigenvalue weighted by Crippen LogP contribution is 2.43. The first-order valence-corrected chi connectivity index (χ1v) is 36.8. The quantitative estimate of drug-likeness (QED) is 0.0490. The number of aliphatic hydroxyl groups excluding tert-OH is 6.